The first-order chi connectivity index (χ1) is 10.9. The molecule has 0 fully saturated rings. The van der Waals surface area contributed by atoms with Crippen LogP contribution in [0.5, 0.6) is 0 Å². The van der Waals surface area contributed by atoms with Crippen molar-refractivity contribution in [1.82, 2.24) is 10.6 Å². The number of benzene rings is 1. The van der Waals surface area contributed by atoms with E-state index in [1.165, 1.54) is 0 Å². The first-order valence-electron chi connectivity index (χ1n) is 7.12. The molecule has 0 atom stereocenters. The normalized spacial score (nSPS) is 10.2. The Hall–Kier alpha value is -2.51. The summed E-state index contributed by atoms with van der Waals surface area (Å²) < 4.78 is 26.1. The molecule has 0 aliphatic rings. The number of hydrogen-bond donors (Lipinski definition) is 3. The van der Waals surface area contributed by atoms with E-state index in [0.29, 0.717) is 18.9 Å². The minimum absolute atomic E-state index is 0.0143. The van der Waals surface area contributed by atoms with Gasteiger partial charge in [-0.05, 0) is 25.0 Å². The predicted octanol–water partition coefficient (Wildman–Crippen LogP) is 1.46. The van der Waals surface area contributed by atoms with Gasteiger partial charge in [0.2, 0.25) is 5.91 Å². The number of aliphatic carboxylic acids is 1. The van der Waals surface area contributed by atoms with Crippen molar-refractivity contribution in [2.45, 2.75) is 25.7 Å². The second kappa shape index (κ2) is 9.50. The molecule has 6 nitrogen and oxygen atoms in total. The third-order valence-electron chi connectivity index (χ3n) is 2.93. The van der Waals surface area contributed by atoms with Crippen molar-refractivity contribution in [2.24, 2.45) is 0 Å². The van der Waals surface area contributed by atoms with Crippen LogP contribution in [0.15, 0.2) is 18.2 Å². The standard InChI is InChI=1S/C15H18F2N2O4/c16-10-5-6-11(12(17)9-10)15(23)19-8-1-3-13(20)18-7-2-4-14(21)22/h5-6,9H,1-4,7-8H2,(H,18,20)(H,19,23)(H,21,22). The van der Waals surface area contributed by atoms with Gasteiger partial charge in [-0.25, -0.2) is 8.78 Å². The molecule has 0 aromatic heterocycles. The fourth-order valence-electron chi connectivity index (χ4n) is 1.78. The summed E-state index contributed by atoms with van der Waals surface area (Å²) in [5.41, 5.74) is -0.260. The van der Waals surface area contributed by atoms with Crippen LogP contribution in [0.25, 0.3) is 0 Å². The van der Waals surface area contributed by atoms with Gasteiger partial charge in [-0.15, -0.1) is 0 Å². The Morgan fingerprint density at radius 2 is 1.65 bits per heavy atom. The number of nitrogens with one attached hydrogen (secondary N) is 2. The molecule has 0 saturated heterocycles. The van der Waals surface area contributed by atoms with Crippen molar-refractivity contribution >= 4 is 17.8 Å². The van der Waals surface area contributed by atoms with E-state index in [4.69, 9.17) is 5.11 Å². The zero-order valence-corrected chi connectivity index (χ0v) is 12.4. The van der Waals surface area contributed by atoms with Crippen LogP contribution in [0, 0.1) is 11.6 Å². The lowest BCUT2D eigenvalue weighted by atomic mass is 10.2. The Labute approximate surface area is 131 Å². The van der Waals surface area contributed by atoms with Gasteiger partial charge >= 0.3 is 5.97 Å². The first-order valence-corrected chi connectivity index (χ1v) is 7.12. The molecule has 0 aliphatic carbocycles. The quantitative estimate of drug-likeness (QED) is 0.598. The maximum Gasteiger partial charge on any atom is 0.303 e. The third kappa shape index (κ3) is 7.35. The predicted molar refractivity (Wildman–Crippen MR) is 77.8 cm³/mol. The van der Waals surface area contributed by atoms with Crippen LogP contribution in [0.1, 0.15) is 36.0 Å². The Bertz CT molecular complexity index is 579. The number of hydrogen-bond acceptors (Lipinski definition) is 3. The highest BCUT2D eigenvalue weighted by atomic mass is 19.1. The molecule has 126 valence electrons. The van der Waals surface area contributed by atoms with E-state index in [1.807, 2.05) is 0 Å². The molecule has 0 spiro atoms. The van der Waals surface area contributed by atoms with E-state index >= 15 is 0 Å². The summed E-state index contributed by atoms with van der Waals surface area (Å²) in [5, 5.41) is 13.4. The number of carbonyl (C=O) groups excluding carboxylic acids is 2. The van der Waals surface area contributed by atoms with E-state index < -0.39 is 23.5 Å². The summed E-state index contributed by atoms with van der Waals surface area (Å²) in [7, 11) is 0. The molecule has 1 rings (SSSR count). The first kappa shape index (κ1) is 18.5. The van der Waals surface area contributed by atoms with E-state index in [1.54, 1.807) is 0 Å². The van der Waals surface area contributed by atoms with Gasteiger partial charge in [0.05, 0.1) is 5.56 Å². The fraction of sp³-hybridized carbons (Fsp3) is 0.400. The highest BCUT2D eigenvalue weighted by Crippen LogP contribution is 2.09. The lowest BCUT2D eigenvalue weighted by Gasteiger charge is -2.07. The zero-order valence-electron chi connectivity index (χ0n) is 12.4. The molecule has 8 heteroatoms. The molecule has 1 aromatic rings. The second-order valence-electron chi connectivity index (χ2n) is 4.83. The van der Waals surface area contributed by atoms with Crippen molar-refractivity contribution in [3.63, 3.8) is 0 Å². The second-order valence-corrected chi connectivity index (χ2v) is 4.83. The van der Waals surface area contributed by atoms with Crippen molar-refractivity contribution in [2.75, 3.05) is 13.1 Å². The molecule has 1 aromatic carbocycles. The van der Waals surface area contributed by atoms with Crippen molar-refractivity contribution in [3.8, 4) is 0 Å². The molecule has 3 N–H and O–H groups in total. The molecular weight excluding hydrogens is 310 g/mol. The van der Waals surface area contributed by atoms with E-state index in [-0.39, 0.29) is 37.4 Å². The lowest BCUT2D eigenvalue weighted by molar-refractivity contribution is -0.137. The Morgan fingerprint density at radius 3 is 2.30 bits per heavy atom. The van der Waals surface area contributed by atoms with Crippen LogP contribution in [0.3, 0.4) is 0 Å². The largest absolute Gasteiger partial charge is 0.481 e. The molecule has 0 aliphatic heterocycles. The van der Waals surface area contributed by atoms with E-state index in [9.17, 15) is 23.2 Å². The molecule has 23 heavy (non-hydrogen) atoms. The highest BCUT2D eigenvalue weighted by molar-refractivity contribution is 5.94. The maximum atomic E-state index is 13.4. The SMILES string of the molecule is O=C(O)CCCNC(=O)CCCNC(=O)c1ccc(F)cc1F. The third-order valence-corrected chi connectivity index (χ3v) is 2.93. The number of rotatable bonds is 9. The Kier molecular flexibility index (Phi) is 7.65. The molecule has 0 unspecified atom stereocenters. The minimum Gasteiger partial charge on any atom is -0.481 e. The minimum atomic E-state index is -0.946. The van der Waals surface area contributed by atoms with Crippen LogP contribution >= 0.6 is 0 Å². The average molecular weight is 328 g/mol. The van der Waals surface area contributed by atoms with Crippen LogP contribution in [-0.2, 0) is 9.59 Å². The van der Waals surface area contributed by atoms with Crippen LogP contribution < -0.4 is 10.6 Å². The van der Waals surface area contributed by atoms with Gasteiger partial charge < -0.3 is 15.7 Å². The molecule has 2 amide bonds. The fourth-order valence-corrected chi connectivity index (χ4v) is 1.78. The lowest BCUT2D eigenvalue weighted by Crippen LogP contribution is -2.28. The van der Waals surface area contributed by atoms with Gasteiger partial charge in [0.1, 0.15) is 11.6 Å². The van der Waals surface area contributed by atoms with Gasteiger partial charge in [0.15, 0.2) is 0 Å². The highest BCUT2D eigenvalue weighted by Gasteiger charge is 2.12. The zero-order chi connectivity index (χ0) is 17.2. The Morgan fingerprint density at radius 1 is 1.00 bits per heavy atom. The van der Waals surface area contributed by atoms with Crippen LogP contribution in [0.2, 0.25) is 0 Å². The van der Waals surface area contributed by atoms with Gasteiger partial charge in [0, 0.05) is 32.0 Å². The van der Waals surface area contributed by atoms with Gasteiger partial charge in [0.25, 0.3) is 5.91 Å². The number of carbonyl (C=O) groups is 3. The van der Waals surface area contributed by atoms with Crippen molar-refractivity contribution < 1.29 is 28.3 Å². The molecule has 0 heterocycles. The van der Waals surface area contributed by atoms with Crippen LogP contribution in [-0.4, -0.2) is 36.0 Å². The molecular formula is C15H18F2N2O4. The number of halogens is 2. The maximum absolute atomic E-state index is 13.4. The van der Waals surface area contributed by atoms with E-state index in [0.717, 1.165) is 12.1 Å². The molecule has 0 bridgehead atoms. The number of carboxylic acids is 1. The van der Waals surface area contributed by atoms with Gasteiger partial charge in [-0.1, -0.05) is 0 Å². The van der Waals surface area contributed by atoms with Crippen molar-refractivity contribution in [1.29, 1.82) is 0 Å². The van der Waals surface area contributed by atoms with Crippen LogP contribution in [0.4, 0.5) is 8.78 Å². The van der Waals surface area contributed by atoms with Gasteiger partial charge in [-0.2, -0.15) is 0 Å². The Balaban J connectivity index is 2.20. The van der Waals surface area contributed by atoms with E-state index in [2.05, 4.69) is 10.6 Å². The molecule has 0 radical (unpaired) electrons. The van der Waals surface area contributed by atoms with Gasteiger partial charge in [-0.3, -0.25) is 14.4 Å². The summed E-state index contributed by atoms with van der Waals surface area (Å²) in [6.07, 6.45) is 0.833. The summed E-state index contributed by atoms with van der Waals surface area (Å²) in [6.45, 7) is 0.441. The summed E-state index contributed by atoms with van der Waals surface area (Å²) in [5.74, 6) is -3.56. The van der Waals surface area contributed by atoms with Crippen molar-refractivity contribution in [3.05, 3.63) is 35.4 Å². The smallest absolute Gasteiger partial charge is 0.303 e. The topological polar surface area (TPSA) is 95.5 Å². The summed E-state index contributed by atoms with van der Waals surface area (Å²) >= 11 is 0. The summed E-state index contributed by atoms with van der Waals surface area (Å²) in [4.78, 5) is 33.4. The number of carboxylic acid groups (broad SMARTS) is 1. The average Bonchev–Trinajstić information content (AvgIpc) is 2.47. The monoisotopic (exact) mass is 328 g/mol. The number of amides is 2. The summed E-state index contributed by atoms with van der Waals surface area (Å²) in [6, 6.07) is 2.66. The molecule has 0 saturated carbocycles.